The molecular weight excluding hydrogens is 278 g/mol. The number of nitrogens with one attached hydrogen (secondary N) is 1. The van der Waals surface area contributed by atoms with E-state index in [2.05, 4.69) is 11.9 Å². The fourth-order valence-electron chi connectivity index (χ4n) is 1.54. The lowest BCUT2D eigenvalue weighted by Crippen LogP contribution is -2.22. The van der Waals surface area contributed by atoms with E-state index < -0.39 is 0 Å². The van der Waals surface area contributed by atoms with Crippen LogP contribution >= 0.6 is 11.6 Å². The number of hydrogen-bond donors (Lipinski definition) is 1. The first kappa shape index (κ1) is 14.2. The van der Waals surface area contributed by atoms with Crippen LogP contribution in [0, 0.1) is 0 Å². The van der Waals surface area contributed by atoms with E-state index in [4.69, 9.17) is 20.8 Å². The second-order valence-electron chi connectivity index (χ2n) is 4.01. The van der Waals surface area contributed by atoms with E-state index in [9.17, 15) is 4.79 Å². The molecule has 20 heavy (non-hydrogen) atoms. The fourth-order valence-corrected chi connectivity index (χ4v) is 1.72. The van der Waals surface area contributed by atoms with Crippen molar-refractivity contribution in [2.75, 3.05) is 6.54 Å². The van der Waals surface area contributed by atoms with E-state index in [1.807, 2.05) is 0 Å². The van der Waals surface area contributed by atoms with E-state index >= 15 is 0 Å². The molecule has 0 saturated carbocycles. The van der Waals surface area contributed by atoms with Gasteiger partial charge in [-0.25, -0.2) is 0 Å². The highest BCUT2D eigenvalue weighted by Gasteiger charge is 2.10. The van der Waals surface area contributed by atoms with E-state index in [1.54, 1.807) is 42.5 Å². The lowest BCUT2D eigenvalue weighted by atomic mass is 10.3. The van der Waals surface area contributed by atoms with Gasteiger partial charge in [-0.3, -0.25) is 4.79 Å². The quantitative estimate of drug-likeness (QED) is 0.830. The van der Waals surface area contributed by atoms with Gasteiger partial charge in [0.1, 0.15) is 18.1 Å². The number of halogens is 1. The van der Waals surface area contributed by atoms with Gasteiger partial charge in [0.25, 0.3) is 5.91 Å². The highest BCUT2D eigenvalue weighted by molar-refractivity contribution is 6.30. The van der Waals surface area contributed by atoms with Crippen LogP contribution in [0.2, 0.25) is 5.02 Å². The predicted octanol–water partition coefficient (Wildman–Crippen LogP) is 3.43. The minimum Gasteiger partial charge on any atom is -0.486 e. The Morgan fingerprint density at radius 3 is 3.00 bits per heavy atom. The summed E-state index contributed by atoms with van der Waals surface area (Å²) in [6.45, 7) is 4.15. The maximum atomic E-state index is 11.6. The molecule has 0 saturated heterocycles. The second-order valence-corrected chi connectivity index (χ2v) is 4.45. The zero-order valence-corrected chi connectivity index (χ0v) is 11.5. The molecule has 0 radical (unpaired) electrons. The molecule has 1 N–H and O–H groups in total. The average molecular weight is 292 g/mol. The largest absolute Gasteiger partial charge is 0.486 e. The number of amides is 1. The standard InChI is InChI=1S/C15H14ClNO3/c1-2-8-17-15(18)14-7-6-13(20-14)10-19-12-5-3-4-11(16)9-12/h2-7,9H,1,8,10H2,(H,17,18). The van der Waals surface area contributed by atoms with E-state index in [0.29, 0.717) is 23.1 Å². The Bertz CT molecular complexity index is 607. The van der Waals surface area contributed by atoms with Crippen molar-refractivity contribution in [3.05, 3.63) is 65.6 Å². The van der Waals surface area contributed by atoms with Crippen molar-refractivity contribution >= 4 is 17.5 Å². The van der Waals surface area contributed by atoms with Crippen molar-refractivity contribution in [3.8, 4) is 5.75 Å². The maximum absolute atomic E-state index is 11.6. The number of rotatable bonds is 6. The molecule has 1 aromatic heterocycles. The molecule has 4 nitrogen and oxygen atoms in total. The van der Waals surface area contributed by atoms with Crippen LogP contribution in [0.3, 0.4) is 0 Å². The summed E-state index contributed by atoms with van der Waals surface area (Å²) in [6, 6.07) is 10.4. The minimum atomic E-state index is -0.279. The molecule has 0 fully saturated rings. The Balaban J connectivity index is 1.92. The van der Waals surface area contributed by atoms with Crippen LogP contribution < -0.4 is 10.1 Å². The van der Waals surface area contributed by atoms with Gasteiger partial charge in [-0.2, -0.15) is 0 Å². The van der Waals surface area contributed by atoms with Crippen LogP contribution in [-0.2, 0) is 6.61 Å². The Kier molecular flexibility index (Phi) is 4.85. The van der Waals surface area contributed by atoms with Gasteiger partial charge >= 0.3 is 0 Å². The summed E-state index contributed by atoms with van der Waals surface area (Å²) in [4.78, 5) is 11.6. The molecule has 0 unspecified atom stereocenters. The summed E-state index contributed by atoms with van der Waals surface area (Å²) < 4.78 is 10.9. The molecule has 0 bridgehead atoms. The van der Waals surface area contributed by atoms with Crippen LogP contribution in [0.4, 0.5) is 0 Å². The lowest BCUT2D eigenvalue weighted by Gasteiger charge is -2.04. The van der Waals surface area contributed by atoms with E-state index in [1.165, 1.54) is 0 Å². The fraction of sp³-hybridized carbons (Fsp3) is 0.133. The van der Waals surface area contributed by atoms with Crippen molar-refractivity contribution in [2.45, 2.75) is 6.61 Å². The summed E-state index contributed by atoms with van der Waals surface area (Å²) in [6.07, 6.45) is 1.60. The molecule has 2 aromatic rings. The topological polar surface area (TPSA) is 51.5 Å². The first-order valence-electron chi connectivity index (χ1n) is 6.05. The summed E-state index contributed by atoms with van der Waals surface area (Å²) in [5.74, 6) is 1.18. The van der Waals surface area contributed by atoms with Gasteiger partial charge < -0.3 is 14.5 Å². The van der Waals surface area contributed by atoms with E-state index in [-0.39, 0.29) is 18.3 Å². The maximum Gasteiger partial charge on any atom is 0.287 e. The third-order valence-corrected chi connectivity index (χ3v) is 2.70. The number of carbonyl (C=O) groups is 1. The third kappa shape index (κ3) is 3.90. The number of benzene rings is 1. The van der Waals surface area contributed by atoms with Crippen LogP contribution in [0.25, 0.3) is 0 Å². The van der Waals surface area contributed by atoms with E-state index in [0.717, 1.165) is 0 Å². The average Bonchev–Trinajstić information content (AvgIpc) is 2.91. The van der Waals surface area contributed by atoms with Crippen LogP contribution in [0.1, 0.15) is 16.3 Å². The first-order valence-corrected chi connectivity index (χ1v) is 6.43. The lowest BCUT2D eigenvalue weighted by molar-refractivity contribution is 0.0926. The van der Waals surface area contributed by atoms with Crippen molar-refractivity contribution < 1.29 is 13.9 Å². The van der Waals surface area contributed by atoms with Gasteiger partial charge in [-0.05, 0) is 30.3 Å². The van der Waals surface area contributed by atoms with Gasteiger partial charge in [0.15, 0.2) is 5.76 Å². The summed E-state index contributed by atoms with van der Waals surface area (Å²) in [5, 5.41) is 3.24. The summed E-state index contributed by atoms with van der Waals surface area (Å²) in [7, 11) is 0. The molecule has 0 aliphatic carbocycles. The van der Waals surface area contributed by atoms with Crippen molar-refractivity contribution in [2.24, 2.45) is 0 Å². The smallest absolute Gasteiger partial charge is 0.287 e. The first-order chi connectivity index (χ1) is 9.69. The van der Waals surface area contributed by atoms with Gasteiger partial charge in [-0.1, -0.05) is 23.7 Å². The highest BCUT2D eigenvalue weighted by atomic mass is 35.5. The monoisotopic (exact) mass is 291 g/mol. The molecule has 1 heterocycles. The molecule has 1 aromatic carbocycles. The SMILES string of the molecule is C=CCNC(=O)c1ccc(COc2cccc(Cl)c2)o1. The Labute approximate surface area is 122 Å². The normalized spacial score (nSPS) is 10.1. The van der Waals surface area contributed by atoms with Gasteiger partial charge in [0, 0.05) is 11.6 Å². The van der Waals surface area contributed by atoms with Gasteiger partial charge in [0.2, 0.25) is 0 Å². The minimum absolute atomic E-state index is 0.231. The zero-order chi connectivity index (χ0) is 14.4. The van der Waals surface area contributed by atoms with Crippen molar-refractivity contribution in [3.63, 3.8) is 0 Å². The molecule has 5 heteroatoms. The zero-order valence-electron chi connectivity index (χ0n) is 10.8. The van der Waals surface area contributed by atoms with Crippen LogP contribution in [0.5, 0.6) is 5.75 Å². The molecule has 0 spiro atoms. The van der Waals surface area contributed by atoms with Gasteiger partial charge in [-0.15, -0.1) is 6.58 Å². The molecule has 104 valence electrons. The van der Waals surface area contributed by atoms with Crippen LogP contribution in [-0.4, -0.2) is 12.5 Å². The third-order valence-electron chi connectivity index (χ3n) is 2.47. The number of furan rings is 1. The number of carbonyl (C=O) groups excluding carboxylic acids is 1. The molecule has 0 aliphatic rings. The molecule has 2 rings (SSSR count). The number of ether oxygens (including phenoxy) is 1. The molecular formula is C15H14ClNO3. The second kappa shape index (κ2) is 6.82. The van der Waals surface area contributed by atoms with Crippen LogP contribution in [0.15, 0.2) is 53.5 Å². The highest BCUT2D eigenvalue weighted by Crippen LogP contribution is 2.19. The predicted molar refractivity (Wildman–Crippen MR) is 77.0 cm³/mol. The van der Waals surface area contributed by atoms with Gasteiger partial charge in [0.05, 0.1) is 0 Å². The summed E-state index contributed by atoms with van der Waals surface area (Å²) in [5.41, 5.74) is 0. The van der Waals surface area contributed by atoms with Crippen molar-refractivity contribution in [1.82, 2.24) is 5.32 Å². The Morgan fingerprint density at radius 2 is 2.25 bits per heavy atom. The Hall–Kier alpha value is -2.20. The molecule has 0 aliphatic heterocycles. The number of hydrogen-bond acceptors (Lipinski definition) is 3. The molecule has 1 amide bonds. The summed E-state index contributed by atoms with van der Waals surface area (Å²) >= 11 is 5.86. The molecule has 0 atom stereocenters. The van der Waals surface area contributed by atoms with Crippen molar-refractivity contribution in [1.29, 1.82) is 0 Å². The Morgan fingerprint density at radius 1 is 1.40 bits per heavy atom.